The molecule has 2 N–H and O–H groups in total. The number of methoxy groups -OCH3 is 1. The summed E-state index contributed by atoms with van der Waals surface area (Å²) < 4.78 is 34.2. The summed E-state index contributed by atoms with van der Waals surface area (Å²) in [7, 11) is -2.44. The second-order valence-corrected chi connectivity index (χ2v) is 4.08. The molecule has 0 unspecified atom stereocenters. The predicted octanol–water partition coefficient (Wildman–Crippen LogP) is 0.952. The fourth-order valence-corrected chi connectivity index (χ4v) is 1.23. The van der Waals surface area contributed by atoms with Gasteiger partial charge in [0.25, 0.3) is 10.1 Å². The number of ether oxygens (including phenoxy) is 1. The second-order valence-electron chi connectivity index (χ2n) is 2.63. The van der Waals surface area contributed by atoms with Crippen LogP contribution in [0.2, 0.25) is 0 Å². The van der Waals surface area contributed by atoms with Crippen LogP contribution in [0.25, 0.3) is 0 Å². The molecule has 0 spiro atoms. The van der Waals surface area contributed by atoms with Crippen LogP contribution in [0.15, 0.2) is 24.3 Å². The minimum Gasteiger partial charge on any atom is -0.497 e. The molecule has 1 rings (SSSR count). The molecule has 1 aromatic rings. The first-order valence-electron chi connectivity index (χ1n) is 3.84. The zero-order chi connectivity index (χ0) is 10.6. The van der Waals surface area contributed by atoms with Crippen molar-refractivity contribution in [2.75, 3.05) is 18.3 Å². The summed E-state index contributed by atoms with van der Waals surface area (Å²) >= 11 is 0. The van der Waals surface area contributed by atoms with E-state index >= 15 is 0 Å². The SMILES string of the molecule is COc1ccc(NCS(=O)(=O)O)cc1. The lowest BCUT2D eigenvalue weighted by molar-refractivity contribution is 0.415. The van der Waals surface area contributed by atoms with Crippen molar-refractivity contribution in [1.29, 1.82) is 0 Å². The topological polar surface area (TPSA) is 75.6 Å². The summed E-state index contributed by atoms with van der Waals surface area (Å²) in [5.74, 6) is 0.182. The van der Waals surface area contributed by atoms with Crippen LogP contribution in [0.3, 0.4) is 0 Å². The fraction of sp³-hybridized carbons (Fsp3) is 0.250. The smallest absolute Gasteiger partial charge is 0.283 e. The third-order valence-electron chi connectivity index (χ3n) is 1.55. The molecular weight excluding hydrogens is 206 g/mol. The fourth-order valence-electron chi connectivity index (χ4n) is 0.883. The van der Waals surface area contributed by atoms with Crippen molar-refractivity contribution in [3.05, 3.63) is 24.3 Å². The van der Waals surface area contributed by atoms with Crippen molar-refractivity contribution in [3.8, 4) is 5.75 Å². The Morgan fingerprint density at radius 2 is 1.93 bits per heavy atom. The van der Waals surface area contributed by atoms with Crippen molar-refractivity contribution < 1.29 is 17.7 Å². The lowest BCUT2D eigenvalue weighted by Gasteiger charge is -2.04. The van der Waals surface area contributed by atoms with Gasteiger partial charge in [0, 0.05) is 5.69 Å². The van der Waals surface area contributed by atoms with Gasteiger partial charge in [-0.2, -0.15) is 8.42 Å². The van der Waals surface area contributed by atoms with E-state index in [9.17, 15) is 8.42 Å². The Morgan fingerprint density at radius 3 is 2.36 bits per heavy atom. The molecule has 0 aliphatic heterocycles. The summed E-state index contributed by atoms with van der Waals surface area (Å²) in [6.45, 7) is 0. The first kappa shape index (κ1) is 10.8. The van der Waals surface area contributed by atoms with E-state index < -0.39 is 16.0 Å². The molecule has 0 bridgehead atoms. The Hall–Kier alpha value is -1.27. The van der Waals surface area contributed by atoms with Crippen LogP contribution >= 0.6 is 0 Å². The predicted molar refractivity (Wildman–Crippen MR) is 53.0 cm³/mol. The third kappa shape index (κ3) is 3.63. The highest BCUT2D eigenvalue weighted by molar-refractivity contribution is 7.85. The Morgan fingerprint density at radius 1 is 1.36 bits per heavy atom. The average molecular weight is 217 g/mol. The monoisotopic (exact) mass is 217 g/mol. The van der Waals surface area contributed by atoms with E-state index in [4.69, 9.17) is 9.29 Å². The van der Waals surface area contributed by atoms with Crippen LogP contribution in [0.5, 0.6) is 5.75 Å². The number of nitrogens with one attached hydrogen (secondary N) is 1. The molecular formula is C8H11NO4S. The van der Waals surface area contributed by atoms with Crippen LogP contribution in [0.4, 0.5) is 5.69 Å². The Kier molecular flexibility index (Phi) is 3.32. The van der Waals surface area contributed by atoms with Gasteiger partial charge in [0.1, 0.15) is 11.6 Å². The molecule has 0 aromatic heterocycles. The highest BCUT2D eigenvalue weighted by Crippen LogP contribution is 2.14. The number of hydrogen-bond acceptors (Lipinski definition) is 4. The van der Waals surface area contributed by atoms with E-state index in [1.807, 2.05) is 0 Å². The first-order chi connectivity index (χ1) is 6.51. The van der Waals surface area contributed by atoms with Gasteiger partial charge in [-0.15, -0.1) is 0 Å². The van der Waals surface area contributed by atoms with Gasteiger partial charge in [0.2, 0.25) is 0 Å². The summed E-state index contributed by atoms with van der Waals surface area (Å²) in [5.41, 5.74) is 0.600. The average Bonchev–Trinajstić information content (AvgIpc) is 2.14. The lowest BCUT2D eigenvalue weighted by atomic mass is 10.3. The van der Waals surface area contributed by atoms with Gasteiger partial charge in [-0.3, -0.25) is 4.55 Å². The van der Waals surface area contributed by atoms with Crippen LogP contribution < -0.4 is 10.1 Å². The van der Waals surface area contributed by atoms with Crippen LogP contribution in [-0.4, -0.2) is 26.0 Å². The molecule has 0 saturated heterocycles. The Labute approximate surface area is 82.5 Å². The summed E-state index contributed by atoms with van der Waals surface area (Å²) in [5, 5.41) is 2.54. The van der Waals surface area contributed by atoms with E-state index in [0.29, 0.717) is 11.4 Å². The maximum atomic E-state index is 10.4. The largest absolute Gasteiger partial charge is 0.497 e. The molecule has 6 heteroatoms. The van der Waals surface area contributed by atoms with Gasteiger partial charge in [-0.25, -0.2) is 0 Å². The normalized spacial score (nSPS) is 11.0. The molecule has 0 atom stereocenters. The molecule has 0 heterocycles. The van der Waals surface area contributed by atoms with Crippen molar-refractivity contribution in [3.63, 3.8) is 0 Å². The van der Waals surface area contributed by atoms with Gasteiger partial charge in [0.15, 0.2) is 0 Å². The number of rotatable bonds is 4. The van der Waals surface area contributed by atoms with E-state index in [1.54, 1.807) is 31.4 Å². The van der Waals surface area contributed by atoms with Crippen molar-refractivity contribution in [2.24, 2.45) is 0 Å². The molecule has 0 saturated carbocycles. The molecule has 0 radical (unpaired) electrons. The quantitative estimate of drug-likeness (QED) is 0.734. The van der Waals surface area contributed by atoms with Crippen LogP contribution in [0, 0.1) is 0 Å². The summed E-state index contributed by atoms with van der Waals surface area (Å²) in [6.07, 6.45) is 0. The molecule has 5 nitrogen and oxygen atoms in total. The molecule has 1 aromatic carbocycles. The van der Waals surface area contributed by atoms with E-state index in [-0.39, 0.29) is 0 Å². The molecule has 0 aliphatic carbocycles. The molecule has 0 aliphatic rings. The zero-order valence-corrected chi connectivity index (χ0v) is 8.41. The second kappa shape index (κ2) is 4.30. The highest BCUT2D eigenvalue weighted by Gasteiger charge is 2.02. The van der Waals surface area contributed by atoms with Crippen LogP contribution in [0.1, 0.15) is 0 Å². The summed E-state index contributed by atoms with van der Waals surface area (Å²) in [6, 6.07) is 6.69. The molecule has 0 amide bonds. The number of benzene rings is 1. The van der Waals surface area contributed by atoms with E-state index in [1.165, 1.54) is 0 Å². The highest BCUT2D eigenvalue weighted by atomic mass is 32.2. The van der Waals surface area contributed by atoms with Gasteiger partial charge >= 0.3 is 0 Å². The van der Waals surface area contributed by atoms with E-state index in [0.717, 1.165) is 0 Å². The van der Waals surface area contributed by atoms with E-state index in [2.05, 4.69) is 5.32 Å². The minimum atomic E-state index is -3.98. The zero-order valence-electron chi connectivity index (χ0n) is 7.60. The van der Waals surface area contributed by atoms with Gasteiger partial charge in [0.05, 0.1) is 7.11 Å². The minimum absolute atomic E-state index is 0.501. The van der Waals surface area contributed by atoms with Crippen LogP contribution in [-0.2, 0) is 10.1 Å². The van der Waals surface area contributed by atoms with Crippen molar-refractivity contribution in [1.82, 2.24) is 0 Å². The van der Waals surface area contributed by atoms with Gasteiger partial charge in [-0.1, -0.05) is 0 Å². The number of anilines is 1. The third-order valence-corrected chi connectivity index (χ3v) is 2.06. The summed E-state index contributed by atoms with van der Waals surface area (Å²) in [4.78, 5) is 0. The number of hydrogen-bond donors (Lipinski definition) is 2. The first-order valence-corrected chi connectivity index (χ1v) is 5.45. The standard InChI is InChI=1S/C8H11NO4S/c1-13-8-4-2-7(3-5-8)9-6-14(10,11)12/h2-5,9H,6H2,1H3,(H,10,11,12). The molecule has 0 fully saturated rings. The Bertz CT molecular complexity index is 384. The maximum absolute atomic E-state index is 10.4. The van der Waals surface area contributed by atoms with Gasteiger partial charge in [-0.05, 0) is 24.3 Å². The lowest BCUT2D eigenvalue weighted by Crippen LogP contribution is -2.12. The molecule has 78 valence electrons. The maximum Gasteiger partial charge on any atom is 0.283 e. The Balaban J connectivity index is 2.61. The van der Waals surface area contributed by atoms with Crippen molar-refractivity contribution in [2.45, 2.75) is 0 Å². The van der Waals surface area contributed by atoms with Gasteiger partial charge < -0.3 is 10.1 Å². The van der Waals surface area contributed by atoms with Crippen molar-refractivity contribution >= 4 is 15.8 Å². The molecule has 14 heavy (non-hydrogen) atoms.